The van der Waals surface area contributed by atoms with Crippen LogP contribution in [0.3, 0.4) is 0 Å². The fourth-order valence-electron chi connectivity index (χ4n) is 2.37. The Hall–Kier alpha value is -2.18. The number of hydrogen-bond acceptors (Lipinski definition) is 3. The minimum Gasteiger partial charge on any atom is -0.355 e. The van der Waals surface area contributed by atoms with Crippen molar-refractivity contribution in [2.45, 2.75) is 31.2 Å². The van der Waals surface area contributed by atoms with E-state index in [-0.39, 0.29) is 16.8 Å². The molecule has 0 bridgehead atoms. The number of benzene rings is 2. The number of sulfonamides is 1. The second kappa shape index (κ2) is 7.59. The van der Waals surface area contributed by atoms with Gasteiger partial charge in [-0.3, -0.25) is 4.79 Å². The first-order valence-electron chi connectivity index (χ1n) is 7.78. The lowest BCUT2D eigenvalue weighted by atomic mass is 10.0. The smallest absolute Gasteiger partial charge is 0.251 e. The topological polar surface area (TPSA) is 75.3 Å². The molecule has 2 N–H and O–H groups in total. The average molecular weight is 346 g/mol. The summed E-state index contributed by atoms with van der Waals surface area (Å²) in [6, 6.07) is 13.4. The Morgan fingerprint density at radius 2 is 1.62 bits per heavy atom. The van der Waals surface area contributed by atoms with Gasteiger partial charge in [0.25, 0.3) is 5.91 Å². The first kappa shape index (κ1) is 18.2. The predicted molar refractivity (Wildman–Crippen MR) is 94.4 cm³/mol. The second-order valence-corrected chi connectivity index (χ2v) is 7.31. The maximum Gasteiger partial charge on any atom is 0.251 e. The zero-order valence-electron chi connectivity index (χ0n) is 14.0. The highest BCUT2D eigenvalue weighted by atomic mass is 32.2. The van der Waals surface area contributed by atoms with Gasteiger partial charge in [0.05, 0.1) is 4.90 Å². The molecule has 6 heteroatoms. The number of carbonyl (C=O) groups is 1. The molecule has 0 aromatic heterocycles. The molecule has 1 amide bonds. The number of aryl methyl sites for hydroxylation is 1. The van der Waals surface area contributed by atoms with E-state index in [1.165, 1.54) is 31.3 Å². The molecule has 0 saturated heterocycles. The molecule has 1 unspecified atom stereocenters. The predicted octanol–water partition coefficient (Wildman–Crippen LogP) is 2.78. The average Bonchev–Trinajstić information content (AvgIpc) is 2.60. The molecule has 2 rings (SSSR count). The van der Waals surface area contributed by atoms with Gasteiger partial charge in [-0.05, 0) is 43.2 Å². The Labute approximate surface area is 143 Å². The van der Waals surface area contributed by atoms with E-state index in [1.54, 1.807) is 0 Å². The minimum atomic E-state index is -3.66. The van der Waals surface area contributed by atoms with Gasteiger partial charge in [-0.25, -0.2) is 13.1 Å². The fraction of sp³-hybridized carbons (Fsp3) is 0.278. The summed E-state index contributed by atoms with van der Waals surface area (Å²) in [7, 11) is -2.13. The summed E-state index contributed by atoms with van der Waals surface area (Å²) < 4.78 is 27.9. The van der Waals surface area contributed by atoms with Crippen LogP contribution in [-0.2, 0) is 10.0 Å². The van der Waals surface area contributed by atoms with E-state index in [0.717, 1.165) is 11.1 Å². The summed E-state index contributed by atoms with van der Waals surface area (Å²) in [5.74, 6) is -0.252. The highest BCUT2D eigenvalue weighted by Crippen LogP contribution is 2.21. The van der Waals surface area contributed by atoms with Gasteiger partial charge in [-0.2, -0.15) is 0 Å². The minimum absolute atomic E-state index is 0.140. The Morgan fingerprint density at radius 3 is 2.12 bits per heavy atom. The lowest BCUT2D eigenvalue weighted by molar-refractivity contribution is 0.0963. The number of carbonyl (C=O) groups excluding carboxylic acids is 1. The van der Waals surface area contributed by atoms with E-state index in [2.05, 4.69) is 10.0 Å². The van der Waals surface area contributed by atoms with E-state index in [0.29, 0.717) is 12.0 Å². The number of nitrogens with one attached hydrogen (secondary N) is 2. The van der Waals surface area contributed by atoms with Crippen molar-refractivity contribution < 1.29 is 13.2 Å². The first-order chi connectivity index (χ1) is 11.4. The molecule has 0 aliphatic heterocycles. The Bertz CT molecular complexity index is 797. The van der Waals surface area contributed by atoms with Gasteiger partial charge in [0.15, 0.2) is 0 Å². The van der Waals surface area contributed by atoms with Gasteiger partial charge in [0.1, 0.15) is 0 Å². The Kier molecular flexibility index (Phi) is 5.75. The summed E-state index contributed by atoms with van der Waals surface area (Å²) in [5, 5.41) is 2.50. The van der Waals surface area contributed by atoms with E-state index in [1.807, 2.05) is 38.1 Å². The number of rotatable bonds is 6. The second-order valence-electron chi connectivity index (χ2n) is 5.60. The maximum absolute atomic E-state index is 12.6. The summed E-state index contributed by atoms with van der Waals surface area (Å²) in [4.78, 5) is 11.7. The SMILES string of the molecule is CCC(NS(=O)(=O)c1ccc(C(=O)NC)cc1)c1ccc(C)cc1. The molecular weight excluding hydrogens is 324 g/mol. The zero-order valence-corrected chi connectivity index (χ0v) is 14.9. The molecule has 0 heterocycles. The third-order valence-corrected chi connectivity index (χ3v) is 5.33. The van der Waals surface area contributed by atoms with Crippen LogP contribution in [0.5, 0.6) is 0 Å². The molecule has 128 valence electrons. The highest BCUT2D eigenvalue weighted by molar-refractivity contribution is 7.89. The molecule has 0 fully saturated rings. The molecule has 2 aromatic carbocycles. The molecule has 24 heavy (non-hydrogen) atoms. The normalized spacial score (nSPS) is 12.6. The maximum atomic E-state index is 12.6. The van der Waals surface area contributed by atoms with E-state index < -0.39 is 10.0 Å². The van der Waals surface area contributed by atoms with Crippen LogP contribution in [0.2, 0.25) is 0 Å². The molecule has 0 radical (unpaired) electrons. The molecule has 0 spiro atoms. The largest absolute Gasteiger partial charge is 0.355 e. The molecule has 2 aromatic rings. The van der Waals surface area contributed by atoms with Crippen LogP contribution in [0.1, 0.15) is 40.9 Å². The monoisotopic (exact) mass is 346 g/mol. The van der Waals surface area contributed by atoms with Crippen molar-refractivity contribution in [3.05, 3.63) is 65.2 Å². The molecule has 0 aliphatic rings. The quantitative estimate of drug-likeness (QED) is 0.844. The highest BCUT2D eigenvalue weighted by Gasteiger charge is 2.20. The molecule has 0 saturated carbocycles. The first-order valence-corrected chi connectivity index (χ1v) is 9.26. The van der Waals surface area contributed by atoms with Gasteiger partial charge in [-0.15, -0.1) is 0 Å². The van der Waals surface area contributed by atoms with E-state index in [9.17, 15) is 13.2 Å². The van der Waals surface area contributed by atoms with Crippen LogP contribution in [0.15, 0.2) is 53.4 Å². The summed E-state index contributed by atoms with van der Waals surface area (Å²) in [6.45, 7) is 3.92. The van der Waals surface area contributed by atoms with Crippen LogP contribution in [0.25, 0.3) is 0 Å². The summed E-state index contributed by atoms with van der Waals surface area (Å²) in [6.07, 6.45) is 0.638. The van der Waals surface area contributed by atoms with Gasteiger partial charge >= 0.3 is 0 Å². The lowest BCUT2D eigenvalue weighted by Crippen LogP contribution is -2.28. The summed E-state index contributed by atoms with van der Waals surface area (Å²) >= 11 is 0. The Balaban J connectivity index is 2.22. The lowest BCUT2D eigenvalue weighted by Gasteiger charge is -2.18. The van der Waals surface area contributed by atoms with Gasteiger partial charge in [0, 0.05) is 18.7 Å². The van der Waals surface area contributed by atoms with Crippen LogP contribution in [0.4, 0.5) is 0 Å². The van der Waals surface area contributed by atoms with Crippen LogP contribution < -0.4 is 10.0 Å². The van der Waals surface area contributed by atoms with Gasteiger partial charge in [-0.1, -0.05) is 36.8 Å². The van der Waals surface area contributed by atoms with Crippen LogP contribution in [0, 0.1) is 6.92 Å². The van der Waals surface area contributed by atoms with Crippen molar-refractivity contribution in [3.8, 4) is 0 Å². The van der Waals surface area contributed by atoms with Crippen LogP contribution in [-0.4, -0.2) is 21.4 Å². The van der Waals surface area contributed by atoms with E-state index in [4.69, 9.17) is 0 Å². The van der Waals surface area contributed by atoms with Crippen molar-refractivity contribution in [2.24, 2.45) is 0 Å². The van der Waals surface area contributed by atoms with Crippen molar-refractivity contribution in [1.82, 2.24) is 10.0 Å². The summed E-state index contributed by atoms with van der Waals surface area (Å²) in [5.41, 5.74) is 2.47. The van der Waals surface area contributed by atoms with Crippen molar-refractivity contribution >= 4 is 15.9 Å². The fourth-order valence-corrected chi connectivity index (χ4v) is 3.68. The third kappa shape index (κ3) is 4.21. The van der Waals surface area contributed by atoms with Gasteiger partial charge in [0.2, 0.25) is 10.0 Å². The van der Waals surface area contributed by atoms with Crippen molar-refractivity contribution in [1.29, 1.82) is 0 Å². The molecule has 5 nitrogen and oxygen atoms in total. The third-order valence-electron chi connectivity index (χ3n) is 3.84. The molecular formula is C18H22N2O3S. The molecule has 1 atom stereocenters. The standard InChI is InChI=1S/C18H22N2O3S/c1-4-17(14-7-5-13(2)6-8-14)20-24(22,23)16-11-9-15(10-12-16)18(21)19-3/h5-12,17,20H,4H2,1-3H3,(H,19,21). The van der Waals surface area contributed by atoms with E-state index >= 15 is 0 Å². The van der Waals surface area contributed by atoms with Crippen LogP contribution >= 0.6 is 0 Å². The Morgan fingerprint density at radius 1 is 1.04 bits per heavy atom. The zero-order chi connectivity index (χ0) is 17.7. The number of hydrogen-bond donors (Lipinski definition) is 2. The number of amides is 1. The van der Waals surface area contributed by atoms with Gasteiger partial charge < -0.3 is 5.32 Å². The van der Waals surface area contributed by atoms with Crippen molar-refractivity contribution in [3.63, 3.8) is 0 Å². The van der Waals surface area contributed by atoms with Crippen molar-refractivity contribution in [2.75, 3.05) is 7.05 Å². The molecule has 0 aliphatic carbocycles.